The van der Waals surface area contributed by atoms with Crippen LogP contribution in [-0.2, 0) is 4.79 Å². The van der Waals surface area contributed by atoms with E-state index in [2.05, 4.69) is 12.2 Å². The predicted octanol–water partition coefficient (Wildman–Crippen LogP) is 2.19. The molecular weight excluding hydrogens is 212 g/mol. The van der Waals surface area contributed by atoms with Crippen molar-refractivity contribution >= 4 is 5.91 Å². The van der Waals surface area contributed by atoms with E-state index in [1.54, 1.807) is 6.08 Å². The van der Waals surface area contributed by atoms with Crippen molar-refractivity contribution in [1.29, 1.82) is 0 Å². The van der Waals surface area contributed by atoms with Crippen LogP contribution in [0.2, 0.25) is 0 Å². The van der Waals surface area contributed by atoms with Crippen LogP contribution >= 0.6 is 0 Å². The third-order valence-electron chi connectivity index (χ3n) is 3.15. The Morgan fingerprint density at radius 2 is 2.00 bits per heavy atom. The van der Waals surface area contributed by atoms with Crippen LogP contribution in [0, 0.1) is 5.92 Å². The quantitative estimate of drug-likeness (QED) is 0.745. The van der Waals surface area contributed by atoms with E-state index in [0.717, 1.165) is 38.2 Å². The number of rotatable bonds is 5. The highest BCUT2D eigenvalue weighted by molar-refractivity contribution is 5.88. The highest BCUT2D eigenvalue weighted by Gasteiger charge is 2.18. The number of carbonyl (C=O) groups is 1. The molecule has 0 spiro atoms. The minimum Gasteiger partial charge on any atom is -0.339 e. The Balaban J connectivity index is 2.52. The lowest BCUT2D eigenvalue weighted by Gasteiger charge is -2.29. The average molecular weight is 238 g/mol. The van der Waals surface area contributed by atoms with Crippen LogP contribution in [0.1, 0.15) is 40.0 Å². The van der Waals surface area contributed by atoms with E-state index in [1.807, 2.05) is 18.7 Å². The van der Waals surface area contributed by atoms with Gasteiger partial charge in [0.1, 0.15) is 0 Å². The fourth-order valence-electron chi connectivity index (χ4n) is 2.28. The SMILES string of the molecule is CCCN(CC1CCNCC1)C(=O)C=C(C)C. The van der Waals surface area contributed by atoms with E-state index in [-0.39, 0.29) is 5.91 Å². The van der Waals surface area contributed by atoms with Gasteiger partial charge in [-0.1, -0.05) is 12.5 Å². The Labute approximate surface area is 105 Å². The van der Waals surface area contributed by atoms with Crippen LogP contribution in [0.4, 0.5) is 0 Å². The van der Waals surface area contributed by atoms with Crippen molar-refractivity contribution in [2.75, 3.05) is 26.2 Å². The third-order valence-corrected chi connectivity index (χ3v) is 3.15. The number of nitrogens with one attached hydrogen (secondary N) is 1. The molecule has 0 atom stereocenters. The van der Waals surface area contributed by atoms with Crippen LogP contribution in [0.5, 0.6) is 0 Å². The van der Waals surface area contributed by atoms with Gasteiger partial charge in [-0.3, -0.25) is 4.79 Å². The molecule has 0 aromatic heterocycles. The summed E-state index contributed by atoms with van der Waals surface area (Å²) in [5, 5.41) is 3.37. The molecule has 0 saturated carbocycles. The molecule has 0 aliphatic carbocycles. The van der Waals surface area contributed by atoms with Gasteiger partial charge in [0, 0.05) is 19.2 Å². The molecule has 1 heterocycles. The monoisotopic (exact) mass is 238 g/mol. The Bertz CT molecular complexity index is 263. The number of carbonyl (C=O) groups excluding carboxylic acids is 1. The van der Waals surface area contributed by atoms with Gasteiger partial charge >= 0.3 is 0 Å². The lowest BCUT2D eigenvalue weighted by molar-refractivity contribution is -0.126. The first-order valence-corrected chi connectivity index (χ1v) is 6.78. The molecule has 0 aromatic carbocycles. The molecule has 3 heteroatoms. The molecule has 0 aromatic rings. The first kappa shape index (κ1) is 14.2. The topological polar surface area (TPSA) is 32.3 Å². The van der Waals surface area contributed by atoms with Gasteiger partial charge in [0.05, 0.1) is 0 Å². The minimum atomic E-state index is 0.186. The second kappa shape index (κ2) is 7.49. The van der Waals surface area contributed by atoms with Gasteiger partial charge in [-0.15, -0.1) is 0 Å². The Morgan fingerprint density at radius 1 is 1.35 bits per heavy atom. The second-order valence-electron chi connectivity index (χ2n) is 5.20. The molecule has 0 radical (unpaired) electrons. The summed E-state index contributed by atoms with van der Waals surface area (Å²) in [6, 6.07) is 0. The molecule has 17 heavy (non-hydrogen) atoms. The highest BCUT2D eigenvalue weighted by atomic mass is 16.2. The lowest BCUT2D eigenvalue weighted by Crippen LogP contribution is -2.39. The van der Waals surface area contributed by atoms with E-state index in [1.165, 1.54) is 12.8 Å². The fraction of sp³-hybridized carbons (Fsp3) is 0.786. The van der Waals surface area contributed by atoms with Crippen molar-refractivity contribution in [3.63, 3.8) is 0 Å². The summed E-state index contributed by atoms with van der Waals surface area (Å²) in [6.07, 6.45) is 5.19. The first-order valence-electron chi connectivity index (χ1n) is 6.78. The van der Waals surface area contributed by atoms with E-state index < -0.39 is 0 Å². The third kappa shape index (κ3) is 5.35. The zero-order valence-corrected chi connectivity index (χ0v) is 11.5. The van der Waals surface area contributed by atoms with Crippen molar-refractivity contribution in [2.45, 2.75) is 40.0 Å². The number of nitrogens with zero attached hydrogens (tertiary/aromatic N) is 1. The number of allylic oxidation sites excluding steroid dienone is 1. The van der Waals surface area contributed by atoms with Gasteiger partial charge in [-0.2, -0.15) is 0 Å². The van der Waals surface area contributed by atoms with E-state index in [0.29, 0.717) is 5.92 Å². The van der Waals surface area contributed by atoms with Crippen LogP contribution in [0.25, 0.3) is 0 Å². The van der Waals surface area contributed by atoms with Crippen LogP contribution in [0.15, 0.2) is 11.6 Å². The fourth-order valence-corrected chi connectivity index (χ4v) is 2.28. The van der Waals surface area contributed by atoms with Gasteiger partial charge < -0.3 is 10.2 Å². The number of hydrogen-bond acceptors (Lipinski definition) is 2. The summed E-state index contributed by atoms with van der Waals surface area (Å²) in [7, 11) is 0. The first-order chi connectivity index (χ1) is 8.13. The van der Waals surface area contributed by atoms with Crippen molar-refractivity contribution < 1.29 is 4.79 Å². The molecule has 1 N–H and O–H groups in total. The maximum Gasteiger partial charge on any atom is 0.246 e. The smallest absolute Gasteiger partial charge is 0.246 e. The molecule has 0 bridgehead atoms. The lowest BCUT2D eigenvalue weighted by atomic mass is 9.97. The van der Waals surface area contributed by atoms with Crippen LogP contribution in [0.3, 0.4) is 0 Å². The van der Waals surface area contributed by atoms with E-state index >= 15 is 0 Å². The maximum absolute atomic E-state index is 12.1. The standard InChI is InChI=1S/C14H26N2O/c1-4-9-16(14(17)10-12(2)3)11-13-5-7-15-8-6-13/h10,13,15H,4-9,11H2,1-3H3. The summed E-state index contributed by atoms with van der Waals surface area (Å²) in [6.45, 7) is 10.1. The summed E-state index contributed by atoms with van der Waals surface area (Å²) < 4.78 is 0. The van der Waals surface area contributed by atoms with E-state index in [4.69, 9.17) is 0 Å². The molecule has 1 aliphatic rings. The second-order valence-corrected chi connectivity index (χ2v) is 5.20. The Kier molecular flexibility index (Phi) is 6.27. The van der Waals surface area contributed by atoms with Gasteiger partial charge in [0.15, 0.2) is 0 Å². The summed E-state index contributed by atoms with van der Waals surface area (Å²) in [4.78, 5) is 14.1. The van der Waals surface area contributed by atoms with Crippen LogP contribution < -0.4 is 5.32 Å². The van der Waals surface area contributed by atoms with Crippen molar-refractivity contribution in [2.24, 2.45) is 5.92 Å². The average Bonchev–Trinajstić information content (AvgIpc) is 2.29. The summed E-state index contributed by atoms with van der Waals surface area (Å²) in [5.74, 6) is 0.864. The molecule has 1 rings (SSSR count). The maximum atomic E-state index is 12.1. The van der Waals surface area contributed by atoms with Gasteiger partial charge in [-0.25, -0.2) is 0 Å². The molecule has 0 unspecified atom stereocenters. The molecule has 98 valence electrons. The molecule has 1 aliphatic heterocycles. The number of amides is 1. The number of hydrogen-bond donors (Lipinski definition) is 1. The predicted molar refractivity (Wildman–Crippen MR) is 71.9 cm³/mol. The normalized spacial score (nSPS) is 16.6. The molecule has 1 amide bonds. The Hall–Kier alpha value is -0.830. The van der Waals surface area contributed by atoms with Gasteiger partial charge in [0.25, 0.3) is 0 Å². The van der Waals surface area contributed by atoms with Crippen molar-refractivity contribution in [3.8, 4) is 0 Å². The minimum absolute atomic E-state index is 0.186. The number of piperidine rings is 1. The molecule has 1 fully saturated rings. The molecular formula is C14H26N2O. The zero-order chi connectivity index (χ0) is 12.7. The van der Waals surface area contributed by atoms with Crippen molar-refractivity contribution in [3.05, 3.63) is 11.6 Å². The highest BCUT2D eigenvalue weighted by Crippen LogP contribution is 2.14. The molecule has 1 saturated heterocycles. The summed E-state index contributed by atoms with van der Waals surface area (Å²) >= 11 is 0. The van der Waals surface area contributed by atoms with Crippen molar-refractivity contribution in [1.82, 2.24) is 10.2 Å². The van der Waals surface area contributed by atoms with Gasteiger partial charge in [0.2, 0.25) is 5.91 Å². The zero-order valence-electron chi connectivity index (χ0n) is 11.5. The largest absolute Gasteiger partial charge is 0.339 e. The summed E-state index contributed by atoms with van der Waals surface area (Å²) in [5.41, 5.74) is 1.08. The Morgan fingerprint density at radius 3 is 2.53 bits per heavy atom. The van der Waals surface area contributed by atoms with Crippen LogP contribution in [-0.4, -0.2) is 37.0 Å². The van der Waals surface area contributed by atoms with E-state index in [9.17, 15) is 4.79 Å². The molecule has 3 nitrogen and oxygen atoms in total. The van der Waals surface area contributed by atoms with Gasteiger partial charge in [-0.05, 0) is 52.1 Å².